The third-order valence-corrected chi connectivity index (χ3v) is 6.52. The molecule has 0 saturated heterocycles. The lowest BCUT2D eigenvalue weighted by Gasteiger charge is -2.28. The standard InChI is InChI=1S/C24H35N3O3S/c1-5-6-16-27(31(29,30)17-14-22-11-8-7-9-12-22)20-24(28)26(18-21(2)3)19-23-13-10-15-25(23)4/h7-15,17,21H,5-6,16,18-20H2,1-4H3. The summed E-state index contributed by atoms with van der Waals surface area (Å²) >= 11 is 0. The smallest absolute Gasteiger partial charge is 0.238 e. The van der Waals surface area contributed by atoms with Crippen LogP contribution in [0.4, 0.5) is 0 Å². The predicted octanol–water partition coefficient (Wildman–Crippen LogP) is 4.11. The van der Waals surface area contributed by atoms with Crippen LogP contribution in [0.15, 0.2) is 54.1 Å². The quantitative estimate of drug-likeness (QED) is 0.494. The number of nitrogens with zero attached hydrogens (tertiary/aromatic N) is 3. The summed E-state index contributed by atoms with van der Waals surface area (Å²) in [7, 11) is -1.78. The number of carbonyl (C=O) groups is 1. The number of hydrogen-bond acceptors (Lipinski definition) is 3. The van der Waals surface area contributed by atoms with E-state index in [1.165, 1.54) is 9.71 Å². The molecule has 0 aliphatic rings. The molecule has 2 rings (SSSR count). The fraction of sp³-hybridized carbons (Fsp3) is 0.458. The number of benzene rings is 1. The van der Waals surface area contributed by atoms with Gasteiger partial charge in [0, 0.05) is 37.4 Å². The molecule has 0 spiro atoms. The summed E-state index contributed by atoms with van der Waals surface area (Å²) in [5.41, 5.74) is 1.82. The first-order chi connectivity index (χ1) is 14.7. The van der Waals surface area contributed by atoms with Gasteiger partial charge in [-0.3, -0.25) is 4.79 Å². The molecule has 2 aromatic rings. The van der Waals surface area contributed by atoms with E-state index in [2.05, 4.69) is 13.8 Å². The van der Waals surface area contributed by atoms with Crippen molar-refractivity contribution < 1.29 is 13.2 Å². The van der Waals surface area contributed by atoms with Crippen LogP contribution in [0.2, 0.25) is 0 Å². The van der Waals surface area contributed by atoms with Crippen LogP contribution in [0.5, 0.6) is 0 Å². The number of unbranched alkanes of at least 4 members (excludes halogenated alkanes) is 1. The first kappa shape index (κ1) is 24.9. The largest absolute Gasteiger partial charge is 0.353 e. The molecule has 170 valence electrons. The molecule has 6 nitrogen and oxygen atoms in total. The number of rotatable bonds is 12. The Hall–Kier alpha value is -2.38. The second-order valence-corrected chi connectivity index (χ2v) is 10.0. The molecule has 1 amide bonds. The highest BCUT2D eigenvalue weighted by Gasteiger charge is 2.25. The summed E-state index contributed by atoms with van der Waals surface area (Å²) < 4.78 is 29.3. The van der Waals surface area contributed by atoms with E-state index in [4.69, 9.17) is 0 Å². The molecule has 0 saturated carbocycles. The van der Waals surface area contributed by atoms with Crippen LogP contribution in [-0.2, 0) is 28.4 Å². The first-order valence-corrected chi connectivity index (χ1v) is 12.3. The molecule has 0 atom stereocenters. The third-order valence-electron chi connectivity index (χ3n) is 5.01. The molecular weight excluding hydrogens is 410 g/mol. The minimum atomic E-state index is -3.72. The summed E-state index contributed by atoms with van der Waals surface area (Å²) in [6, 6.07) is 13.2. The van der Waals surface area contributed by atoms with Crippen molar-refractivity contribution in [2.45, 2.75) is 40.2 Å². The van der Waals surface area contributed by atoms with Crippen LogP contribution in [0, 0.1) is 5.92 Å². The predicted molar refractivity (Wildman–Crippen MR) is 127 cm³/mol. The molecule has 0 bridgehead atoms. The van der Waals surface area contributed by atoms with Crippen molar-refractivity contribution in [1.29, 1.82) is 0 Å². The van der Waals surface area contributed by atoms with Gasteiger partial charge in [-0.15, -0.1) is 0 Å². The second-order valence-electron chi connectivity index (χ2n) is 8.22. The van der Waals surface area contributed by atoms with Crippen molar-refractivity contribution in [3.05, 3.63) is 65.3 Å². The van der Waals surface area contributed by atoms with Crippen LogP contribution < -0.4 is 0 Å². The van der Waals surface area contributed by atoms with Gasteiger partial charge in [0.15, 0.2) is 0 Å². The van der Waals surface area contributed by atoms with Gasteiger partial charge < -0.3 is 9.47 Å². The Balaban J connectivity index is 2.20. The minimum absolute atomic E-state index is 0.154. The van der Waals surface area contributed by atoms with Crippen LogP contribution in [-0.4, -0.2) is 47.7 Å². The van der Waals surface area contributed by atoms with Crippen molar-refractivity contribution in [3.63, 3.8) is 0 Å². The molecule has 0 aliphatic carbocycles. The Kier molecular flexibility index (Phi) is 9.52. The van der Waals surface area contributed by atoms with Crippen molar-refractivity contribution in [1.82, 2.24) is 13.8 Å². The maximum atomic E-state index is 13.2. The van der Waals surface area contributed by atoms with E-state index in [0.29, 0.717) is 26.1 Å². The lowest BCUT2D eigenvalue weighted by Crippen LogP contribution is -2.43. The molecule has 0 aliphatic heterocycles. The fourth-order valence-corrected chi connectivity index (χ4v) is 4.42. The molecule has 0 radical (unpaired) electrons. The highest BCUT2D eigenvalue weighted by atomic mass is 32.2. The lowest BCUT2D eigenvalue weighted by atomic mass is 10.2. The molecule has 1 heterocycles. The van der Waals surface area contributed by atoms with Crippen LogP contribution in [0.3, 0.4) is 0 Å². The van der Waals surface area contributed by atoms with Crippen molar-refractivity contribution in [2.75, 3.05) is 19.6 Å². The number of hydrogen-bond donors (Lipinski definition) is 0. The van der Waals surface area contributed by atoms with Gasteiger partial charge in [0.05, 0.1) is 13.1 Å². The monoisotopic (exact) mass is 445 g/mol. The number of aromatic nitrogens is 1. The molecule has 7 heteroatoms. The summed E-state index contributed by atoms with van der Waals surface area (Å²) in [5, 5.41) is 1.20. The minimum Gasteiger partial charge on any atom is -0.353 e. The summed E-state index contributed by atoms with van der Waals surface area (Å²) in [5.74, 6) is 0.102. The van der Waals surface area contributed by atoms with E-state index < -0.39 is 10.0 Å². The van der Waals surface area contributed by atoms with Crippen LogP contribution >= 0.6 is 0 Å². The highest BCUT2D eigenvalue weighted by Crippen LogP contribution is 2.13. The van der Waals surface area contributed by atoms with Gasteiger partial charge in [-0.25, -0.2) is 8.42 Å². The van der Waals surface area contributed by atoms with E-state index in [1.807, 2.05) is 67.2 Å². The molecule has 1 aromatic carbocycles. The Morgan fingerprint density at radius 1 is 1.13 bits per heavy atom. The number of amides is 1. The summed E-state index contributed by atoms with van der Waals surface area (Å²) in [6.45, 7) is 7.32. The average molecular weight is 446 g/mol. The molecule has 0 unspecified atom stereocenters. The van der Waals surface area contributed by atoms with E-state index in [9.17, 15) is 13.2 Å². The Labute approximate surface area is 187 Å². The Bertz CT molecular complexity index is 949. The first-order valence-electron chi connectivity index (χ1n) is 10.8. The van der Waals surface area contributed by atoms with Crippen molar-refractivity contribution in [3.8, 4) is 0 Å². The molecule has 0 N–H and O–H groups in total. The zero-order valence-electron chi connectivity index (χ0n) is 19.1. The van der Waals surface area contributed by atoms with Gasteiger partial charge >= 0.3 is 0 Å². The molecule has 31 heavy (non-hydrogen) atoms. The van der Waals surface area contributed by atoms with Crippen LogP contribution in [0.25, 0.3) is 6.08 Å². The van der Waals surface area contributed by atoms with E-state index in [-0.39, 0.29) is 18.4 Å². The number of aryl methyl sites for hydroxylation is 1. The molecular formula is C24H35N3O3S. The van der Waals surface area contributed by atoms with E-state index in [1.54, 1.807) is 11.0 Å². The average Bonchev–Trinajstić information content (AvgIpc) is 3.13. The van der Waals surface area contributed by atoms with Gasteiger partial charge in [0.1, 0.15) is 0 Å². The maximum Gasteiger partial charge on any atom is 0.238 e. The Morgan fingerprint density at radius 2 is 1.84 bits per heavy atom. The Morgan fingerprint density at radius 3 is 2.42 bits per heavy atom. The zero-order valence-corrected chi connectivity index (χ0v) is 19.9. The molecule has 0 fully saturated rings. The van der Waals surface area contributed by atoms with Gasteiger partial charge in [0.25, 0.3) is 0 Å². The molecule has 1 aromatic heterocycles. The lowest BCUT2D eigenvalue weighted by molar-refractivity contribution is -0.132. The van der Waals surface area contributed by atoms with Crippen molar-refractivity contribution >= 4 is 22.0 Å². The fourth-order valence-electron chi connectivity index (χ4n) is 3.25. The highest BCUT2D eigenvalue weighted by molar-refractivity contribution is 7.92. The van der Waals surface area contributed by atoms with Crippen LogP contribution in [0.1, 0.15) is 44.9 Å². The van der Waals surface area contributed by atoms with Gasteiger partial charge in [-0.2, -0.15) is 4.31 Å². The van der Waals surface area contributed by atoms with Gasteiger partial charge in [0.2, 0.25) is 15.9 Å². The van der Waals surface area contributed by atoms with E-state index in [0.717, 1.165) is 17.7 Å². The summed E-state index contributed by atoms with van der Waals surface area (Å²) in [4.78, 5) is 15.0. The maximum absolute atomic E-state index is 13.2. The zero-order chi connectivity index (χ0) is 22.9. The third kappa shape index (κ3) is 7.99. The van der Waals surface area contributed by atoms with E-state index >= 15 is 0 Å². The van der Waals surface area contributed by atoms with Gasteiger partial charge in [-0.1, -0.05) is 57.5 Å². The van der Waals surface area contributed by atoms with Gasteiger partial charge in [-0.05, 0) is 36.1 Å². The summed E-state index contributed by atoms with van der Waals surface area (Å²) in [6.07, 6.45) is 5.07. The number of sulfonamides is 1. The number of carbonyl (C=O) groups excluding carboxylic acids is 1. The van der Waals surface area contributed by atoms with Crippen molar-refractivity contribution in [2.24, 2.45) is 13.0 Å². The normalized spacial score (nSPS) is 12.2. The topological polar surface area (TPSA) is 62.6 Å². The second kappa shape index (κ2) is 11.9. The SMILES string of the molecule is CCCCN(CC(=O)N(Cc1cccn1C)CC(C)C)S(=O)(=O)C=Cc1ccccc1.